The molecule has 0 aliphatic carbocycles. The van der Waals surface area contributed by atoms with Crippen LogP contribution in [0.2, 0.25) is 0 Å². The number of hydrogen-bond acceptors (Lipinski definition) is 3. The van der Waals surface area contributed by atoms with Crippen LogP contribution in [0.15, 0.2) is 5.38 Å². The second-order valence-corrected chi connectivity index (χ2v) is 3.54. The van der Waals surface area contributed by atoms with Crippen LogP contribution in [0.25, 0.3) is 0 Å². The van der Waals surface area contributed by atoms with E-state index in [1.54, 1.807) is 11.3 Å². The maximum atomic E-state index is 11.1. The smallest absolute Gasteiger partial charge is 0.177 e. The quantitative estimate of drug-likeness (QED) is 0.682. The summed E-state index contributed by atoms with van der Waals surface area (Å²) in [4.78, 5) is 12.3. The molecule has 0 spiro atoms. The van der Waals surface area contributed by atoms with Gasteiger partial charge in [0, 0.05) is 15.8 Å². The SMILES string of the molecule is Cc1scc(C(=O)CN)c1C. The van der Waals surface area contributed by atoms with Crippen LogP contribution < -0.4 is 5.73 Å². The highest BCUT2D eigenvalue weighted by Gasteiger charge is 2.09. The number of aryl methyl sites for hydroxylation is 1. The van der Waals surface area contributed by atoms with E-state index in [1.165, 1.54) is 4.88 Å². The zero-order valence-electron chi connectivity index (χ0n) is 6.68. The fourth-order valence-corrected chi connectivity index (χ4v) is 1.79. The molecule has 0 saturated heterocycles. The predicted octanol–water partition coefficient (Wildman–Crippen LogP) is 1.51. The molecule has 2 nitrogen and oxygen atoms in total. The molecule has 1 aromatic heterocycles. The van der Waals surface area contributed by atoms with E-state index < -0.39 is 0 Å². The second kappa shape index (κ2) is 3.15. The maximum absolute atomic E-state index is 11.1. The van der Waals surface area contributed by atoms with Crippen molar-refractivity contribution in [2.24, 2.45) is 5.73 Å². The number of rotatable bonds is 2. The van der Waals surface area contributed by atoms with Crippen LogP contribution in [0.4, 0.5) is 0 Å². The van der Waals surface area contributed by atoms with E-state index in [9.17, 15) is 4.79 Å². The molecular weight excluding hydrogens is 158 g/mol. The van der Waals surface area contributed by atoms with Gasteiger partial charge >= 0.3 is 0 Å². The minimum Gasteiger partial charge on any atom is -0.324 e. The average Bonchev–Trinajstić information content (AvgIpc) is 2.32. The molecule has 0 atom stereocenters. The summed E-state index contributed by atoms with van der Waals surface area (Å²) < 4.78 is 0. The Labute approximate surface area is 70.0 Å². The van der Waals surface area contributed by atoms with E-state index >= 15 is 0 Å². The summed E-state index contributed by atoms with van der Waals surface area (Å²) in [6.07, 6.45) is 0. The molecule has 2 N–H and O–H groups in total. The summed E-state index contributed by atoms with van der Waals surface area (Å²) >= 11 is 1.60. The first-order valence-electron chi connectivity index (χ1n) is 3.44. The highest BCUT2D eigenvalue weighted by molar-refractivity contribution is 7.10. The van der Waals surface area contributed by atoms with Crippen molar-refractivity contribution in [1.29, 1.82) is 0 Å². The van der Waals surface area contributed by atoms with E-state index in [4.69, 9.17) is 5.73 Å². The van der Waals surface area contributed by atoms with Gasteiger partial charge in [0.1, 0.15) is 0 Å². The van der Waals surface area contributed by atoms with Crippen molar-refractivity contribution in [2.75, 3.05) is 6.54 Å². The first kappa shape index (κ1) is 8.43. The third-order valence-corrected chi connectivity index (χ3v) is 2.78. The number of ketones is 1. The minimum atomic E-state index is 0.0341. The van der Waals surface area contributed by atoms with Gasteiger partial charge in [-0.1, -0.05) is 0 Å². The highest BCUT2D eigenvalue weighted by atomic mass is 32.1. The van der Waals surface area contributed by atoms with Crippen molar-refractivity contribution in [1.82, 2.24) is 0 Å². The van der Waals surface area contributed by atoms with Crippen molar-refractivity contribution < 1.29 is 4.79 Å². The van der Waals surface area contributed by atoms with Crippen LogP contribution in [-0.2, 0) is 0 Å². The van der Waals surface area contributed by atoms with Crippen LogP contribution >= 0.6 is 11.3 Å². The molecule has 0 saturated carbocycles. The van der Waals surface area contributed by atoms with E-state index in [2.05, 4.69) is 0 Å². The zero-order chi connectivity index (χ0) is 8.43. The summed E-state index contributed by atoms with van der Waals surface area (Å²) in [7, 11) is 0. The lowest BCUT2D eigenvalue weighted by Gasteiger charge is -1.94. The van der Waals surface area contributed by atoms with Gasteiger partial charge in [-0.05, 0) is 19.4 Å². The summed E-state index contributed by atoms with van der Waals surface area (Å²) in [5.41, 5.74) is 7.10. The predicted molar refractivity (Wildman–Crippen MR) is 47.2 cm³/mol. The Kier molecular flexibility index (Phi) is 2.42. The summed E-state index contributed by atoms with van der Waals surface area (Å²) in [5, 5.41) is 1.87. The van der Waals surface area contributed by atoms with E-state index in [0.717, 1.165) is 11.1 Å². The number of hydrogen-bond donors (Lipinski definition) is 1. The first-order valence-corrected chi connectivity index (χ1v) is 4.32. The van der Waals surface area contributed by atoms with Crippen LogP contribution in [0.5, 0.6) is 0 Å². The van der Waals surface area contributed by atoms with Gasteiger partial charge < -0.3 is 5.73 Å². The fourth-order valence-electron chi connectivity index (χ4n) is 0.899. The van der Waals surface area contributed by atoms with Crippen LogP contribution in [-0.4, -0.2) is 12.3 Å². The molecule has 1 heterocycles. The monoisotopic (exact) mass is 169 g/mol. The molecule has 0 unspecified atom stereocenters. The Hall–Kier alpha value is -0.670. The molecule has 3 heteroatoms. The summed E-state index contributed by atoms with van der Waals surface area (Å²) in [6.45, 7) is 4.07. The van der Waals surface area contributed by atoms with Crippen LogP contribution in [0.3, 0.4) is 0 Å². The Morgan fingerprint density at radius 3 is 2.64 bits per heavy atom. The Balaban J connectivity index is 3.04. The lowest BCUT2D eigenvalue weighted by molar-refractivity contribution is 0.100. The Morgan fingerprint density at radius 1 is 1.64 bits per heavy atom. The fraction of sp³-hybridized carbons (Fsp3) is 0.375. The molecule has 11 heavy (non-hydrogen) atoms. The molecule has 0 aromatic carbocycles. The largest absolute Gasteiger partial charge is 0.324 e. The van der Waals surface area contributed by atoms with Crippen LogP contribution in [0, 0.1) is 13.8 Å². The van der Waals surface area contributed by atoms with Crippen molar-refractivity contribution in [3.05, 3.63) is 21.4 Å². The number of Topliss-reactive ketones (excluding diaryl/α,β-unsaturated/α-hetero) is 1. The number of thiophene rings is 1. The zero-order valence-corrected chi connectivity index (χ0v) is 7.49. The van der Waals surface area contributed by atoms with Crippen molar-refractivity contribution in [2.45, 2.75) is 13.8 Å². The standard InChI is InChI=1S/C8H11NOS/c1-5-6(2)11-4-7(5)8(10)3-9/h4H,3,9H2,1-2H3. The van der Waals surface area contributed by atoms with Gasteiger partial charge in [0.2, 0.25) is 0 Å². The lowest BCUT2D eigenvalue weighted by Crippen LogP contribution is -2.13. The van der Waals surface area contributed by atoms with Gasteiger partial charge in [-0.2, -0.15) is 0 Å². The average molecular weight is 169 g/mol. The Morgan fingerprint density at radius 2 is 2.27 bits per heavy atom. The molecule has 0 amide bonds. The number of carbonyl (C=O) groups is 1. The van der Waals surface area contributed by atoms with E-state index in [0.29, 0.717) is 0 Å². The molecule has 1 aromatic rings. The topological polar surface area (TPSA) is 43.1 Å². The third kappa shape index (κ3) is 1.49. The highest BCUT2D eigenvalue weighted by Crippen LogP contribution is 2.20. The molecule has 0 aliphatic rings. The van der Waals surface area contributed by atoms with Gasteiger partial charge in [-0.15, -0.1) is 11.3 Å². The van der Waals surface area contributed by atoms with Gasteiger partial charge in [0.05, 0.1) is 6.54 Å². The second-order valence-electron chi connectivity index (χ2n) is 2.46. The normalized spacial score (nSPS) is 10.1. The summed E-state index contributed by atoms with van der Waals surface area (Å²) in [5.74, 6) is 0.0341. The molecular formula is C8H11NOS. The van der Waals surface area contributed by atoms with E-state index in [-0.39, 0.29) is 12.3 Å². The minimum absolute atomic E-state index is 0.0341. The Bertz CT molecular complexity index is 278. The van der Waals surface area contributed by atoms with Crippen molar-refractivity contribution >= 4 is 17.1 Å². The third-order valence-electron chi connectivity index (χ3n) is 1.77. The lowest BCUT2D eigenvalue weighted by atomic mass is 10.1. The molecule has 0 radical (unpaired) electrons. The van der Waals surface area contributed by atoms with E-state index in [1.807, 2.05) is 19.2 Å². The molecule has 0 aliphatic heterocycles. The molecule has 0 bridgehead atoms. The van der Waals surface area contributed by atoms with Gasteiger partial charge in [-0.3, -0.25) is 4.79 Å². The van der Waals surface area contributed by atoms with Gasteiger partial charge in [-0.25, -0.2) is 0 Å². The maximum Gasteiger partial charge on any atom is 0.177 e. The van der Waals surface area contributed by atoms with Gasteiger partial charge in [0.25, 0.3) is 0 Å². The van der Waals surface area contributed by atoms with Crippen molar-refractivity contribution in [3.8, 4) is 0 Å². The van der Waals surface area contributed by atoms with Gasteiger partial charge in [0.15, 0.2) is 5.78 Å². The number of nitrogens with two attached hydrogens (primary N) is 1. The molecule has 0 fully saturated rings. The molecule has 60 valence electrons. The summed E-state index contributed by atoms with van der Waals surface area (Å²) in [6, 6.07) is 0. The molecule has 1 rings (SSSR count). The first-order chi connectivity index (χ1) is 5.16. The van der Waals surface area contributed by atoms with Crippen LogP contribution in [0.1, 0.15) is 20.8 Å². The van der Waals surface area contributed by atoms with Crippen molar-refractivity contribution in [3.63, 3.8) is 0 Å². The number of carbonyl (C=O) groups excluding carboxylic acids is 1.